The SMILES string of the molecule is CN1CCN(c2c(F)cc(N3C[C@H](CO)OC3=O)cc2F)C=N1. The predicted molar refractivity (Wildman–Crippen MR) is 79.5 cm³/mol. The van der Waals surface area contributed by atoms with Gasteiger partial charge in [0.1, 0.15) is 18.1 Å². The number of aliphatic hydroxyl groups is 1. The average Bonchev–Trinajstić information content (AvgIpc) is 2.89. The largest absolute Gasteiger partial charge is 0.441 e. The third-order valence-corrected chi connectivity index (χ3v) is 3.73. The smallest absolute Gasteiger partial charge is 0.414 e. The number of hydrogen-bond donors (Lipinski definition) is 1. The van der Waals surface area contributed by atoms with E-state index in [9.17, 15) is 13.6 Å². The minimum atomic E-state index is -0.795. The number of hydrazone groups is 1. The van der Waals surface area contributed by atoms with Crippen molar-refractivity contribution in [3.8, 4) is 0 Å². The first-order valence-corrected chi connectivity index (χ1v) is 7.09. The van der Waals surface area contributed by atoms with Gasteiger partial charge in [0.15, 0.2) is 11.6 Å². The summed E-state index contributed by atoms with van der Waals surface area (Å²) in [7, 11) is 1.76. The van der Waals surface area contributed by atoms with Gasteiger partial charge in [0.05, 0.1) is 25.4 Å². The molecular weight excluding hydrogens is 310 g/mol. The highest BCUT2D eigenvalue weighted by molar-refractivity contribution is 5.90. The van der Waals surface area contributed by atoms with Gasteiger partial charge in [0.2, 0.25) is 0 Å². The Labute approximate surface area is 131 Å². The number of rotatable bonds is 3. The molecule has 1 saturated heterocycles. The minimum absolute atomic E-state index is 0.0452. The summed E-state index contributed by atoms with van der Waals surface area (Å²) in [6, 6.07) is 2.15. The molecule has 0 unspecified atom stereocenters. The van der Waals surface area contributed by atoms with Crippen molar-refractivity contribution in [1.82, 2.24) is 5.01 Å². The van der Waals surface area contributed by atoms with Crippen molar-refractivity contribution < 1.29 is 23.4 Å². The van der Waals surface area contributed by atoms with Crippen molar-refractivity contribution in [2.75, 3.05) is 43.1 Å². The van der Waals surface area contributed by atoms with Crippen LogP contribution in [-0.4, -0.2) is 61.9 Å². The maximum absolute atomic E-state index is 14.4. The van der Waals surface area contributed by atoms with Crippen LogP contribution in [0.1, 0.15) is 0 Å². The Kier molecular flexibility index (Phi) is 4.03. The van der Waals surface area contributed by atoms with E-state index in [2.05, 4.69) is 5.10 Å². The van der Waals surface area contributed by atoms with Gasteiger partial charge in [-0.15, -0.1) is 0 Å². The zero-order chi connectivity index (χ0) is 16.6. The maximum Gasteiger partial charge on any atom is 0.414 e. The molecule has 0 radical (unpaired) electrons. The number of likely N-dealkylation sites (N-methyl/N-ethyl adjacent to an activating group) is 1. The Morgan fingerprint density at radius 2 is 2.04 bits per heavy atom. The van der Waals surface area contributed by atoms with Crippen LogP contribution in [0.4, 0.5) is 25.0 Å². The lowest BCUT2D eigenvalue weighted by Gasteiger charge is -2.28. The van der Waals surface area contributed by atoms with Gasteiger partial charge in [-0.05, 0) is 0 Å². The Morgan fingerprint density at radius 1 is 1.35 bits per heavy atom. The molecule has 2 aliphatic rings. The number of hydrogen-bond acceptors (Lipinski definition) is 6. The fourth-order valence-corrected chi connectivity index (χ4v) is 2.50. The molecule has 1 aromatic rings. The number of amides is 1. The van der Waals surface area contributed by atoms with Gasteiger partial charge >= 0.3 is 6.09 Å². The molecule has 0 spiro atoms. The molecule has 0 aliphatic carbocycles. The van der Waals surface area contributed by atoms with Crippen LogP contribution in [0, 0.1) is 11.6 Å². The van der Waals surface area contributed by atoms with Crippen molar-refractivity contribution in [2.45, 2.75) is 6.10 Å². The molecule has 3 rings (SSSR count). The molecule has 1 atom stereocenters. The van der Waals surface area contributed by atoms with Crippen molar-refractivity contribution in [3.63, 3.8) is 0 Å². The number of nitrogens with zero attached hydrogens (tertiary/aromatic N) is 4. The second kappa shape index (κ2) is 5.99. The molecule has 0 saturated carbocycles. The quantitative estimate of drug-likeness (QED) is 0.897. The zero-order valence-corrected chi connectivity index (χ0v) is 12.4. The van der Waals surface area contributed by atoms with Gasteiger partial charge in [0, 0.05) is 25.7 Å². The number of carbonyl (C=O) groups excluding carboxylic acids is 1. The number of aliphatic hydroxyl groups excluding tert-OH is 1. The van der Waals surface area contributed by atoms with Crippen LogP contribution in [0.15, 0.2) is 17.2 Å². The lowest BCUT2D eigenvalue weighted by molar-refractivity contribution is 0.0963. The molecule has 2 heterocycles. The van der Waals surface area contributed by atoms with Gasteiger partial charge in [-0.25, -0.2) is 13.6 Å². The lowest BCUT2D eigenvalue weighted by Crippen LogP contribution is -2.37. The molecule has 1 aromatic carbocycles. The van der Waals surface area contributed by atoms with Crippen LogP contribution >= 0.6 is 0 Å². The molecule has 23 heavy (non-hydrogen) atoms. The second-order valence-electron chi connectivity index (χ2n) is 5.36. The first kappa shape index (κ1) is 15.5. The van der Waals surface area contributed by atoms with E-state index in [0.29, 0.717) is 13.1 Å². The summed E-state index contributed by atoms with van der Waals surface area (Å²) in [6.45, 7) is 0.631. The molecular formula is C14H16F2N4O3. The first-order chi connectivity index (χ1) is 11.0. The number of benzene rings is 1. The summed E-state index contributed by atoms with van der Waals surface area (Å²) in [5.41, 5.74) is -0.160. The van der Waals surface area contributed by atoms with Crippen molar-refractivity contribution in [3.05, 3.63) is 23.8 Å². The van der Waals surface area contributed by atoms with E-state index in [1.807, 2.05) is 0 Å². The molecule has 124 valence electrons. The molecule has 2 aliphatic heterocycles. The van der Waals surface area contributed by atoms with Gasteiger partial charge in [-0.3, -0.25) is 9.91 Å². The summed E-state index contributed by atoms with van der Waals surface area (Å²) in [5.74, 6) is -1.59. The van der Waals surface area contributed by atoms with Crippen molar-refractivity contribution >= 4 is 23.8 Å². The van der Waals surface area contributed by atoms with Crippen molar-refractivity contribution in [2.24, 2.45) is 5.10 Å². The highest BCUT2D eigenvalue weighted by atomic mass is 19.1. The van der Waals surface area contributed by atoms with Crippen LogP contribution in [0.3, 0.4) is 0 Å². The first-order valence-electron chi connectivity index (χ1n) is 7.09. The van der Waals surface area contributed by atoms with Crippen LogP contribution in [0.25, 0.3) is 0 Å². The van der Waals surface area contributed by atoms with Gasteiger partial charge < -0.3 is 14.7 Å². The highest BCUT2D eigenvalue weighted by Crippen LogP contribution is 2.30. The number of cyclic esters (lactones) is 1. The molecule has 1 N–H and O–H groups in total. The van der Waals surface area contributed by atoms with E-state index < -0.39 is 23.8 Å². The number of anilines is 2. The molecule has 0 aromatic heterocycles. The Morgan fingerprint density at radius 3 is 2.57 bits per heavy atom. The van der Waals surface area contributed by atoms with Crippen LogP contribution in [-0.2, 0) is 4.74 Å². The fraction of sp³-hybridized carbons (Fsp3) is 0.429. The topological polar surface area (TPSA) is 68.6 Å². The third-order valence-electron chi connectivity index (χ3n) is 3.73. The normalized spacial score (nSPS) is 21.1. The average molecular weight is 326 g/mol. The summed E-state index contributed by atoms with van der Waals surface area (Å²) in [6.07, 6.45) is -0.0776. The van der Waals surface area contributed by atoms with E-state index in [0.717, 1.165) is 17.0 Å². The summed E-state index contributed by atoms with van der Waals surface area (Å²) in [4.78, 5) is 14.2. The molecule has 0 bridgehead atoms. The molecule has 9 heteroatoms. The summed E-state index contributed by atoms with van der Waals surface area (Å²) >= 11 is 0. The number of halogens is 2. The predicted octanol–water partition coefficient (Wildman–Crippen LogP) is 0.977. The van der Waals surface area contributed by atoms with Gasteiger partial charge in [-0.2, -0.15) is 5.10 Å². The number of carbonyl (C=O) groups is 1. The molecule has 1 fully saturated rings. The Balaban J connectivity index is 1.89. The monoisotopic (exact) mass is 326 g/mol. The van der Waals surface area contributed by atoms with E-state index in [-0.39, 0.29) is 24.5 Å². The van der Waals surface area contributed by atoms with Crippen LogP contribution < -0.4 is 9.80 Å². The van der Waals surface area contributed by atoms with Gasteiger partial charge in [-0.1, -0.05) is 0 Å². The Bertz CT molecular complexity index is 632. The summed E-state index contributed by atoms with van der Waals surface area (Å²) in [5, 5.41) is 14.7. The highest BCUT2D eigenvalue weighted by Gasteiger charge is 2.33. The van der Waals surface area contributed by atoms with Crippen LogP contribution in [0.5, 0.6) is 0 Å². The second-order valence-corrected chi connectivity index (χ2v) is 5.36. The zero-order valence-electron chi connectivity index (χ0n) is 12.4. The van der Waals surface area contributed by atoms with E-state index in [4.69, 9.17) is 9.84 Å². The van der Waals surface area contributed by atoms with Crippen molar-refractivity contribution in [1.29, 1.82) is 0 Å². The molecule has 7 nitrogen and oxygen atoms in total. The van der Waals surface area contributed by atoms with Crippen LogP contribution in [0.2, 0.25) is 0 Å². The lowest BCUT2D eigenvalue weighted by atomic mass is 10.2. The van der Waals surface area contributed by atoms with E-state index in [1.165, 1.54) is 11.2 Å². The standard InChI is InChI=1S/C14H16F2N4O3/c1-18-2-3-19(8-17-18)13-11(15)4-9(5-12(13)16)20-6-10(7-21)23-14(20)22/h4-5,8,10,21H,2-3,6-7H2,1H3/t10-/m1/s1. The van der Waals surface area contributed by atoms with E-state index >= 15 is 0 Å². The maximum atomic E-state index is 14.4. The van der Waals surface area contributed by atoms with Gasteiger partial charge in [0.25, 0.3) is 0 Å². The Hall–Kier alpha value is -2.42. The minimum Gasteiger partial charge on any atom is -0.441 e. The van der Waals surface area contributed by atoms with E-state index in [1.54, 1.807) is 12.1 Å². The molecule has 1 amide bonds. The fourth-order valence-electron chi connectivity index (χ4n) is 2.50. The number of ether oxygens (including phenoxy) is 1. The summed E-state index contributed by atoms with van der Waals surface area (Å²) < 4.78 is 33.6. The third kappa shape index (κ3) is 2.91.